The largest absolute Gasteiger partial charge is 0.397 e. The molecule has 100 valence electrons. The Morgan fingerprint density at radius 2 is 2.28 bits per heavy atom. The first-order valence-electron chi connectivity index (χ1n) is 5.62. The number of ether oxygens (including phenoxy) is 1. The molecule has 0 saturated carbocycles. The lowest BCUT2D eigenvalue weighted by atomic mass is 10.2. The van der Waals surface area contributed by atoms with Crippen LogP contribution in [0.15, 0.2) is 18.2 Å². The van der Waals surface area contributed by atoms with E-state index in [0.29, 0.717) is 18.8 Å². The van der Waals surface area contributed by atoms with E-state index in [-0.39, 0.29) is 11.9 Å². The molecule has 4 N–H and O–H groups in total. The third-order valence-electron chi connectivity index (χ3n) is 2.38. The predicted octanol–water partition coefficient (Wildman–Crippen LogP) is 1.44. The van der Waals surface area contributed by atoms with Crippen molar-refractivity contribution in [3.63, 3.8) is 0 Å². The van der Waals surface area contributed by atoms with Gasteiger partial charge in [0.05, 0.1) is 18.0 Å². The Hall–Kier alpha value is -1.02. The van der Waals surface area contributed by atoms with E-state index < -0.39 is 0 Å². The Morgan fingerprint density at radius 1 is 1.56 bits per heavy atom. The van der Waals surface area contributed by atoms with Gasteiger partial charge in [-0.15, -0.1) is 0 Å². The highest BCUT2D eigenvalue weighted by molar-refractivity contribution is 14.1. The summed E-state index contributed by atoms with van der Waals surface area (Å²) >= 11 is 2.19. The number of rotatable bonds is 6. The first kappa shape index (κ1) is 15.0. The second-order valence-corrected chi connectivity index (χ2v) is 5.13. The number of anilines is 2. The van der Waals surface area contributed by atoms with Gasteiger partial charge in [-0.1, -0.05) is 0 Å². The summed E-state index contributed by atoms with van der Waals surface area (Å²) in [6.45, 7) is 2.80. The van der Waals surface area contributed by atoms with Crippen LogP contribution in [-0.4, -0.2) is 32.2 Å². The van der Waals surface area contributed by atoms with Gasteiger partial charge in [0, 0.05) is 17.2 Å². The minimum absolute atomic E-state index is 0.0787. The van der Waals surface area contributed by atoms with Crippen LogP contribution in [0, 0.1) is 3.57 Å². The van der Waals surface area contributed by atoms with Crippen molar-refractivity contribution in [2.75, 3.05) is 31.3 Å². The number of methoxy groups -OCH3 is 1. The monoisotopic (exact) mass is 363 g/mol. The fraction of sp³-hybridized carbons (Fsp3) is 0.417. The highest BCUT2D eigenvalue weighted by Crippen LogP contribution is 2.21. The predicted molar refractivity (Wildman–Crippen MR) is 81.5 cm³/mol. The van der Waals surface area contributed by atoms with Gasteiger partial charge in [-0.3, -0.25) is 4.79 Å². The van der Waals surface area contributed by atoms with E-state index >= 15 is 0 Å². The molecule has 1 amide bonds. The second-order valence-electron chi connectivity index (χ2n) is 3.88. The van der Waals surface area contributed by atoms with E-state index in [9.17, 15) is 4.79 Å². The van der Waals surface area contributed by atoms with Crippen LogP contribution in [0.1, 0.15) is 6.92 Å². The lowest BCUT2D eigenvalue weighted by molar-refractivity contribution is -0.121. The molecule has 0 bridgehead atoms. The molecule has 1 aromatic rings. The maximum Gasteiger partial charge on any atom is 0.242 e. The smallest absolute Gasteiger partial charge is 0.242 e. The van der Waals surface area contributed by atoms with Crippen LogP contribution in [0.3, 0.4) is 0 Å². The molecule has 6 heteroatoms. The SMILES string of the molecule is COCCNC(=O)C(C)Nc1ccc(I)cc1N. The third-order valence-corrected chi connectivity index (χ3v) is 3.06. The summed E-state index contributed by atoms with van der Waals surface area (Å²) in [5.74, 6) is -0.0787. The standard InChI is InChI=1S/C12H18IN3O2/c1-8(12(17)15-5-6-18-2)16-11-4-3-9(13)7-10(11)14/h3-4,7-8,16H,5-6,14H2,1-2H3,(H,15,17). The highest BCUT2D eigenvalue weighted by Gasteiger charge is 2.12. The second kappa shape index (κ2) is 7.42. The molecule has 0 saturated heterocycles. The maximum absolute atomic E-state index is 11.7. The molecule has 5 nitrogen and oxygen atoms in total. The fourth-order valence-corrected chi connectivity index (χ4v) is 1.91. The number of carbonyl (C=O) groups excluding carboxylic acids is 1. The third kappa shape index (κ3) is 4.69. The molecule has 0 spiro atoms. The Kier molecular flexibility index (Phi) is 6.20. The van der Waals surface area contributed by atoms with Crippen molar-refractivity contribution in [3.05, 3.63) is 21.8 Å². The van der Waals surface area contributed by atoms with Crippen molar-refractivity contribution in [1.82, 2.24) is 5.32 Å². The topological polar surface area (TPSA) is 76.4 Å². The number of carbonyl (C=O) groups is 1. The van der Waals surface area contributed by atoms with Crippen LogP contribution in [0.25, 0.3) is 0 Å². The highest BCUT2D eigenvalue weighted by atomic mass is 127. The van der Waals surface area contributed by atoms with Gasteiger partial charge in [0.25, 0.3) is 0 Å². The molecule has 1 rings (SSSR count). The van der Waals surface area contributed by atoms with Crippen LogP contribution < -0.4 is 16.4 Å². The zero-order valence-electron chi connectivity index (χ0n) is 10.5. The lowest BCUT2D eigenvalue weighted by Gasteiger charge is -2.16. The summed E-state index contributed by atoms with van der Waals surface area (Å²) in [6, 6.07) is 5.33. The van der Waals surface area contributed by atoms with Gasteiger partial charge in [0.15, 0.2) is 0 Å². The number of halogens is 1. The van der Waals surface area contributed by atoms with Crippen LogP contribution in [0.5, 0.6) is 0 Å². The number of amides is 1. The van der Waals surface area contributed by atoms with Crippen LogP contribution >= 0.6 is 22.6 Å². The van der Waals surface area contributed by atoms with Crippen molar-refractivity contribution in [1.29, 1.82) is 0 Å². The van der Waals surface area contributed by atoms with Gasteiger partial charge in [0.1, 0.15) is 6.04 Å². The van der Waals surface area contributed by atoms with E-state index in [4.69, 9.17) is 10.5 Å². The maximum atomic E-state index is 11.7. The van der Waals surface area contributed by atoms with Gasteiger partial charge in [0.2, 0.25) is 5.91 Å². The number of benzene rings is 1. The molecule has 0 radical (unpaired) electrons. The number of hydrogen-bond donors (Lipinski definition) is 3. The molecule has 0 aliphatic carbocycles. The van der Waals surface area contributed by atoms with Crippen LogP contribution in [0.4, 0.5) is 11.4 Å². The quantitative estimate of drug-likeness (QED) is 0.406. The normalized spacial score (nSPS) is 11.9. The molecule has 18 heavy (non-hydrogen) atoms. The van der Waals surface area contributed by atoms with Gasteiger partial charge >= 0.3 is 0 Å². The van der Waals surface area contributed by atoms with Gasteiger partial charge in [-0.2, -0.15) is 0 Å². The molecule has 1 aromatic carbocycles. The Bertz CT molecular complexity index is 412. The molecule has 0 aromatic heterocycles. The van der Waals surface area contributed by atoms with Crippen LogP contribution in [0.2, 0.25) is 0 Å². The molecule has 0 aliphatic rings. The summed E-state index contributed by atoms with van der Waals surface area (Å²) in [7, 11) is 1.60. The van der Waals surface area contributed by atoms with Crippen molar-refractivity contribution in [3.8, 4) is 0 Å². The molecule has 0 fully saturated rings. The zero-order chi connectivity index (χ0) is 13.5. The first-order valence-corrected chi connectivity index (χ1v) is 6.70. The molecule has 0 aliphatic heterocycles. The van der Waals surface area contributed by atoms with E-state index in [1.165, 1.54) is 0 Å². The first-order chi connectivity index (χ1) is 8.54. The van der Waals surface area contributed by atoms with E-state index in [2.05, 4.69) is 33.2 Å². The van der Waals surface area contributed by atoms with Crippen LogP contribution in [-0.2, 0) is 9.53 Å². The number of nitrogens with two attached hydrogens (primary N) is 1. The molecule has 1 atom stereocenters. The minimum atomic E-state index is -0.343. The Labute approximate surface area is 121 Å². The van der Waals surface area contributed by atoms with Crippen molar-refractivity contribution in [2.24, 2.45) is 0 Å². The number of nitrogens with one attached hydrogen (secondary N) is 2. The van der Waals surface area contributed by atoms with Crippen molar-refractivity contribution in [2.45, 2.75) is 13.0 Å². The zero-order valence-corrected chi connectivity index (χ0v) is 12.7. The van der Waals surface area contributed by atoms with Crippen molar-refractivity contribution < 1.29 is 9.53 Å². The van der Waals surface area contributed by atoms with Gasteiger partial charge in [-0.05, 0) is 47.7 Å². The average Bonchev–Trinajstić information content (AvgIpc) is 2.32. The molecular weight excluding hydrogens is 345 g/mol. The van der Waals surface area contributed by atoms with Gasteiger partial charge < -0.3 is 21.1 Å². The number of nitrogen functional groups attached to an aromatic ring is 1. The molecular formula is C12H18IN3O2. The summed E-state index contributed by atoms with van der Waals surface area (Å²) in [5.41, 5.74) is 7.28. The minimum Gasteiger partial charge on any atom is -0.397 e. The summed E-state index contributed by atoms with van der Waals surface area (Å²) < 4.78 is 5.93. The average molecular weight is 363 g/mol. The van der Waals surface area contributed by atoms with Crippen molar-refractivity contribution >= 4 is 39.9 Å². The Morgan fingerprint density at radius 3 is 2.89 bits per heavy atom. The number of hydrogen-bond acceptors (Lipinski definition) is 4. The lowest BCUT2D eigenvalue weighted by Crippen LogP contribution is -2.39. The molecule has 0 heterocycles. The van der Waals surface area contributed by atoms with E-state index in [1.807, 2.05) is 18.2 Å². The molecule has 1 unspecified atom stereocenters. The van der Waals surface area contributed by atoms with E-state index in [1.54, 1.807) is 14.0 Å². The van der Waals surface area contributed by atoms with Gasteiger partial charge in [-0.25, -0.2) is 0 Å². The summed E-state index contributed by atoms with van der Waals surface area (Å²) in [4.78, 5) is 11.7. The summed E-state index contributed by atoms with van der Waals surface area (Å²) in [6.07, 6.45) is 0. The Balaban J connectivity index is 2.53. The fourth-order valence-electron chi connectivity index (χ4n) is 1.39. The summed E-state index contributed by atoms with van der Waals surface area (Å²) in [5, 5.41) is 5.85. The van der Waals surface area contributed by atoms with E-state index in [0.717, 1.165) is 9.26 Å².